The maximum Gasteiger partial charge on any atom is 0.425 e. The van der Waals surface area contributed by atoms with Gasteiger partial charge in [0, 0.05) is 23.7 Å². The monoisotopic (exact) mass is 469 g/mol. The zero-order valence-corrected chi connectivity index (χ0v) is 16.9. The number of ether oxygens (including phenoxy) is 2. The minimum absolute atomic E-state index is 0.0572. The summed E-state index contributed by atoms with van der Waals surface area (Å²) in [5, 5.41) is 2.28. The number of amides is 1. The molecule has 0 saturated carbocycles. The third kappa shape index (κ3) is 5.28. The number of alkyl halides is 3. The Hall–Kier alpha value is -3.95. The summed E-state index contributed by atoms with van der Waals surface area (Å²) in [4.78, 5) is 23.8. The molecule has 1 aliphatic rings. The number of carbonyl (C=O) groups is 1. The highest BCUT2D eigenvalue weighted by molar-refractivity contribution is 6.02. The average molecular weight is 469 g/mol. The van der Waals surface area contributed by atoms with Gasteiger partial charge in [-0.3, -0.25) is 4.79 Å². The number of rotatable bonds is 5. The van der Waals surface area contributed by atoms with Crippen molar-refractivity contribution in [3.63, 3.8) is 0 Å². The van der Waals surface area contributed by atoms with Gasteiger partial charge in [-0.25, -0.2) is 23.7 Å². The van der Waals surface area contributed by atoms with Crippen molar-refractivity contribution in [2.45, 2.75) is 31.2 Å². The van der Waals surface area contributed by atoms with Crippen LogP contribution in [0.1, 0.15) is 29.4 Å². The first-order valence-corrected chi connectivity index (χ1v) is 9.21. The van der Waals surface area contributed by atoms with E-state index in [1.807, 2.05) is 0 Å². The lowest BCUT2D eigenvalue weighted by atomic mass is 9.85. The van der Waals surface area contributed by atoms with Gasteiger partial charge in [0.1, 0.15) is 5.69 Å². The third-order valence-electron chi connectivity index (χ3n) is 4.60. The van der Waals surface area contributed by atoms with E-state index in [2.05, 4.69) is 30.9 Å². The second kappa shape index (κ2) is 8.89. The van der Waals surface area contributed by atoms with Gasteiger partial charge < -0.3 is 20.5 Å². The smallest absolute Gasteiger partial charge is 0.425 e. The van der Waals surface area contributed by atoms with E-state index in [1.54, 1.807) is 0 Å². The van der Waals surface area contributed by atoms with Crippen LogP contribution >= 0.6 is 0 Å². The molecule has 8 nitrogen and oxygen atoms in total. The zero-order chi connectivity index (χ0) is 24.4. The lowest BCUT2D eigenvalue weighted by Gasteiger charge is -2.36. The third-order valence-corrected chi connectivity index (χ3v) is 4.60. The highest BCUT2D eigenvalue weighted by atomic mass is 19.4. The number of anilines is 1. The molecule has 1 aliphatic heterocycles. The molecule has 2 atom stereocenters. The summed E-state index contributed by atoms with van der Waals surface area (Å²) < 4.78 is 78.0. The SMILES string of the molecule is C#CCOc1cnc(C(=O)Nc2cc(F)c(F)c(C3(C)CC(C(F)(F)F)OC(N)=N3)c2)cn1. The number of aromatic nitrogens is 2. The van der Waals surface area contributed by atoms with Crippen LogP contribution in [0.15, 0.2) is 29.5 Å². The van der Waals surface area contributed by atoms with Gasteiger partial charge in [0.25, 0.3) is 11.9 Å². The fourth-order valence-corrected chi connectivity index (χ4v) is 3.09. The van der Waals surface area contributed by atoms with Crippen molar-refractivity contribution < 1.29 is 36.2 Å². The number of amidine groups is 1. The quantitative estimate of drug-likeness (QED) is 0.515. The second-order valence-corrected chi connectivity index (χ2v) is 7.08. The first-order chi connectivity index (χ1) is 15.4. The van der Waals surface area contributed by atoms with Crippen molar-refractivity contribution in [3.05, 3.63) is 47.4 Å². The normalized spacial score (nSPS) is 20.3. The average Bonchev–Trinajstić information content (AvgIpc) is 2.73. The number of nitrogens with one attached hydrogen (secondary N) is 1. The van der Waals surface area contributed by atoms with Crippen LogP contribution in [0.3, 0.4) is 0 Å². The molecule has 2 aromatic rings. The maximum atomic E-state index is 14.6. The number of hydrogen-bond acceptors (Lipinski definition) is 7. The summed E-state index contributed by atoms with van der Waals surface area (Å²) in [5.74, 6) is -1.43. The molecule has 1 aromatic carbocycles. The Balaban J connectivity index is 1.89. The Morgan fingerprint density at radius 1 is 1.36 bits per heavy atom. The molecule has 0 spiro atoms. The molecule has 13 heteroatoms. The largest absolute Gasteiger partial charge is 0.463 e. The van der Waals surface area contributed by atoms with Gasteiger partial charge in [-0.05, 0) is 13.0 Å². The minimum Gasteiger partial charge on any atom is -0.463 e. The Labute approximate surface area is 184 Å². The van der Waals surface area contributed by atoms with Gasteiger partial charge in [0.15, 0.2) is 24.3 Å². The summed E-state index contributed by atoms with van der Waals surface area (Å²) in [5.41, 5.74) is 2.43. The van der Waals surface area contributed by atoms with Gasteiger partial charge in [-0.15, -0.1) is 6.42 Å². The number of terminal acetylenes is 1. The first-order valence-electron chi connectivity index (χ1n) is 9.21. The first kappa shape index (κ1) is 23.7. The molecule has 174 valence electrons. The number of benzene rings is 1. The summed E-state index contributed by atoms with van der Waals surface area (Å²) in [6.07, 6.45) is -0.836. The standard InChI is InChI=1S/C20H16F5N5O3/c1-3-4-32-15-9-27-13(8-28-15)17(31)29-10-5-11(16(22)12(21)6-10)19(2)7-14(20(23,24)25)33-18(26)30-19/h1,5-6,8-9,14H,4,7H2,2H3,(H2,26,30)(H,29,31). The number of aliphatic imine (C=N–C) groups is 1. The van der Waals surface area contributed by atoms with Crippen LogP contribution in [0.25, 0.3) is 0 Å². The number of halogens is 5. The van der Waals surface area contributed by atoms with E-state index in [-0.39, 0.29) is 23.9 Å². The Morgan fingerprint density at radius 3 is 2.70 bits per heavy atom. The van der Waals surface area contributed by atoms with Crippen LogP contribution in [-0.2, 0) is 10.3 Å². The summed E-state index contributed by atoms with van der Waals surface area (Å²) in [6, 6.07) is 0.789. The predicted octanol–water partition coefficient (Wildman–Crippen LogP) is 2.90. The van der Waals surface area contributed by atoms with Crippen molar-refractivity contribution in [2.75, 3.05) is 11.9 Å². The van der Waals surface area contributed by atoms with Crippen molar-refractivity contribution in [3.8, 4) is 18.2 Å². The summed E-state index contributed by atoms with van der Waals surface area (Å²) >= 11 is 0. The fourth-order valence-electron chi connectivity index (χ4n) is 3.09. The van der Waals surface area contributed by atoms with Crippen LogP contribution in [0.5, 0.6) is 5.88 Å². The highest BCUT2D eigenvalue weighted by Crippen LogP contribution is 2.41. The van der Waals surface area contributed by atoms with E-state index in [9.17, 15) is 26.7 Å². The molecular formula is C20H16F5N5O3. The minimum atomic E-state index is -4.82. The van der Waals surface area contributed by atoms with Crippen LogP contribution in [0, 0.1) is 24.0 Å². The molecule has 1 aromatic heterocycles. The van der Waals surface area contributed by atoms with E-state index in [4.69, 9.17) is 16.9 Å². The predicted molar refractivity (Wildman–Crippen MR) is 105 cm³/mol. The van der Waals surface area contributed by atoms with E-state index in [0.717, 1.165) is 25.4 Å². The molecule has 2 unspecified atom stereocenters. The molecule has 0 aliphatic carbocycles. The highest BCUT2D eigenvalue weighted by Gasteiger charge is 2.50. The molecule has 33 heavy (non-hydrogen) atoms. The molecule has 0 fully saturated rings. The van der Waals surface area contributed by atoms with Gasteiger partial charge >= 0.3 is 6.18 Å². The van der Waals surface area contributed by atoms with Crippen LogP contribution in [0.4, 0.5) is 27.6 Å². The van der Waals surface area contributed by atoms with Gasteiger partial charge in [0.2, 0.25) is 5.88 Å². The number of nitrogens with two attached hydrogens (primary N) is 1. The van der Waals surface area contributed by atoms with Crippen molar-refractivity contribution in [1.29, 1.82) is 0 Å². The zero-order valence-electron chi connectivity index (χ0n) is 16.9. The topological polar surface area (TPSA) is 112 Å². The molecule has 0 radical (unpaired) electrons. The van der Waals surface area contributed by atoms with E-state index in [0.29, 0.717) is 6.07 Å². The van der Waals surface area contributed by atoms with Crippen molar-refractivity contribution in [1.82, 2.24) is 9.97 Å². The van der Waals surface area contributed by atoms with Gasteiger partial charge in [-0.1, -0.05) is 5.92 Å². The molecule has 2 heterocycles. The number of nitrogens with zero attached hydrogens (tertiary/aromatic N) is 3. The Bertz CT molecular complexity index is 1130. The maximum absolute atomic E-state index is 14.6. The molecule has 3 N–H and O–H groups in total. The molecule has 1 amide bonds. The van der Waals surface area contributed by atoms with E-state index >= 15 is 0 Å². The van der Waals surface area contributed by atoms with Crippen molar-refractivity contribution >= 4 is 17.6 Å². The van der Waals surface area contributed by atoms with E-state index < -0.39 is 53.4 Å². The van der Waals surface area contributed by atoms with Crippen molar-refractivity contribution in [2.24, 2.45) is 10.7 Å². The van der Waals surface area contributed by atoms with Gasteiger partial charge in [-0.2, -0.15) is 13.2 Å². The number of carbonyl (C=O) groups excluding carboxylic acids is 1. The summed E-state index contributed by atoms with van der Waals surface area (Å²) in [6.45, 7) is 1.08. The summed E-state index contributed by atoms with van der Waals surface area (Å²) in [7, 11) is 0. The lowest BCUT2D eigenvalue weighted by molar-refractivity contribution is -0.208. The number of hydrogen-bond donors (Lipinski definition) is 2. The Morgan fingerprint density at radius 2 is 2.09 bits per heavy atom. The second-order valence-electron chi connectivity index (χ2n) is 7.08. The van der Waals surface area contributed by atoms with Crippen LogP contribution in [-0.4, -0.2) is 40.8 Å². The molecule has 0 saturated heterocycles. The molecule has 3 rings (SSSR count). The molecule has 0 bridgehead atoms. The van der Waals surface area contributed by atoms with E-state index in [1.165, 1.54) is 0 Å². The van der Waals surface area contributed by atoms with Crippen LogP contribution < -0.4 is 15.8 Å². The Kier molecular flexibility index (Phi) is 6.39. The molecular weight excluding hydrogens is 453 g/mol. The fraction of sp³-hybridized carbons (Fsp3) is 0.300. The lowest BCUT2D eigenvalue weighted by Crippen LogP contribution is -2.46. The van der Waals surface area contributed by atoms with Gasteiger partial charge in [0.05, 0.1) is 17.9 Å². The van der Waals surface area contributed by atoms with Crippen LogP contribution in [0.2, 0.25) is 0 Å².